The molecule has 30 heavy (non-hydrogen) atoms. The fourth-order valence-corrected chi connectivity index (χ4v) is 3.33. The Kier molecular flexibility index (Phi) is 7.08. The van der Waals surface area contributed by atoms with Crippen molar-refractivity contribution in [2.75, 3.05) is 0 Å². The summed E-state index contributed by atoms with van der Waals surface area (Å²) in [5, 5.41) is 0. The van der Waals surface area contributed by atoms with Crippen LogP contribution in [0.2, 0.25) is 0 Å². The summed E-state index contributed by atoms with van der Waals surface area (Å²) in [6, 6.07) is 14.5. The first kappa shape index (κ1) is 21.8. The number of aryl methyl sites for hydroxylation is 3. The number of hydrogen-bond donors (Lipinski definition) is 0. The van der Waals surface area contributed by atoms with Crippen LogP contribution in [0, 0.1) is 17.5 Å². The van der Waals surface area contributed by atoms with Crippen molar-refractivity contribution in [1.29, 1.82) is 0 Å². The van der Waals surface area contributed by atoms with Crippen LogP contribution < -0.4 is 4.74 Å². The third-order valence-corrected chi connectivity index (χ3v) is 4.80. The molecule has 0 unspecified atom stereocenters. The summed E-state index contributed by atoms with van der Waals surface area (Å²) in [6.07, 6.45) is 2.56. The molecule has 0 aliphatic rings. The molecule has 0 heterocycles. The highest BCUT2D eigenvalue weighted by molar-refractivity contribution is 5.64. The molecular formula is C24H21F5O. The second kappa shape index (κ2) is 9.74. The summed E-state index contributed by atoms with van der Waals surface area (Å²) < 4.78 is 70.3. The van der Waals surface area contributed by atoms with Crippen molar-refractivity contribution in [3.63, 3.8) is 0 Å². The predicted molar refractivity (Wildman–Crippen MR) is 106 cm³/mol. The quantitative estimate of drug-likeness (QED) is 0.353. The van der Waals surface area contributed by atoms with Crippen molar-refractivity contribution in [3.8, 4) is 16.9 Å². The van der Waals surface area contributed by atoms with Gasteiger partial charge >= 0.3 is 6.61 Å². The molecular weight excluding hydrogens is 399 g/mol. The van der Waals surface area contributed by atoms with E-state index in [4.69, 9.17) is 0 Å². The van der Waals surface area contributed by atoms with Gasteiger partial charge in [-0.15, -0.1) is 0 Å². The second-order valence-corrected chi connectivity index (χ2v) is 7.03. The summed E-state index contributed by atoms with van der Waals surface area (Å²) in [5.41, 5.74) is 3.44. The Morgan fingerprint density at radius 3 is 1.83 bits per heavy atom. The average Bonchev–Trinajstić information content (AvgIpc) is 2.70. The first-order valence-electron chi connectivity index (χ1n) is 9.68. The molecule has 0 amide bonds. The van der Waals surface area contributed by atoms with Crippen LogP contribution in [0.15, 0.2) is 54.6 Å². The summed E-state index contributed by atoms with van der Waals surface area (Å²) in [6.45, 7) is -1.26. The van der Waals surface area contributed by atoms with Crippen LogP contribution >= 0.6 is 0 Å². The minimum atomic E-state index is -3.30. The normalized spacial score (nSPS) is 11.2. The van der Waals surface area contributed by atoms with Gasteiger partial charge in [0.1, 0.15) is 5.82 Å². The van der Waals surface area contributed by atoms with E-state index >= 15 is 0 Å². The van der Waals surface area contributed by atoms with E-state index in [1.807, 2.05) is 25.1 Å². The molecule has 0 saturated carbocycles. The number of alkyl halides is 2. The van der Waals surface area contributed by atoms with Gasteiger partial charge < -0.3 is 4.74 Å². The minimum absolute atomic E-state index is 0.272. The second-order valence-electron chi connectivity index (χ2n) is 7.03. The molecule has 0 saturated heterocycles. The summed E-state index contributed by atoms with van der Waals surface area (Å²) in [7, 11) is 0. The lowest BCUT2D eigenvalue weighted by Gasteiger charge is -2.10. The molecule has 0 bridgehead atoms. The van der Waals surface area contributed by atoms with Crippen LogP contribution in [0.1, 0.15) is 30.0 Å². The molecule has 0 aliphatic carbocycles. The van der Waals surface area contributed by atoms with Gasteiger partial charge in [-0.1, -0.05) is 49.7 Å². The number of halogens is 5. The smallest absolute Gasteiger partial charge is 0.387 e. The SMILES string of the molecule is CCCc1ccc(-c2ccc(CCc3cc(F)c(OC(F)F)c(F)c3)cc2)c(F)c1. The van der Waals surface area contributed by atoms with E-state index in [-0.39, 0.29) is 5.82 Å². The Hall–Kier alpha value is -2.89. The Morgan fingerprint density at radius 2 is 1.27 bits per heavy atom. The predicted octanol–water partition coefficient (Wildman–Crippen LogP) is 7.11. The van der Waals surface area contributed by atoms with Gasteiger partial charge in [0.15, 0.2) is 17.4 Å². The topological polar surface area (TPSA) is 9.23 Å². The van der Waals surface area contributed by atoms with Crippen LogP contribution in [-0.4, -0.2) is 6.61 Å². The molecule has 0 N–H and O–H groups in total. The van der Waals surface area contributed by atoms with E-state index in [9.17, 15) is 22.0 Å². The third kappa shape index (κ3) is 5.38. The monoisotopic (exact) mass is 420 g/mol. The van der Waals surface area contributed by atoms with E-state index in [2.05, 4.69) is 4.74 Å². The van der Waals surface area contributed by atoms with Crippen LogP contribution in [0.3, 0.4) is 0 Å². The number of benzene rings is 3. The van der Waals surface area contributed by atoms with Gasteiger partial charge in [0.25, 0.3) is 0 Å². The maximum atomic E-state index is 14.4. The van der Waals surface area contributed by atoms with Crippen LogP contribution in [0.4, 0.5) is 22.0 Å². The molecule has 0 spiro atoms. The Balaban J connectivity index is 1.68. The maximum absolute atomic E-state index is 14.4. The van der Waals surface area contributed by atoms with Crippen molar-refractivity contribution >= 4 is 0 Å². The van der Waals surface area contributed by atoms with Crippen molar-refractivity contribution < 1.29 is 26.7 Å². The average molecular weight is 420 g/mol. The highest BCUT2D eigenvalue weighted by Crippen LogP contribution is 2.27. The summed E-state index contributed by atoms with van der Waals surface area (Å²) in [4.78, 5) is 0. The summed E-state index contributed by atoms with van der Waals surface area (Å²) in [5.74, 6) is -3.68. The zero-order valence-electron chi connectivity index (χ0n) is 16.4. The zero-order chi connectivity index (χ0) is 21.7. The molecule has 0 fully saturated rings. The lowest BCUT2D eigenvalue weighted by Crippen LogP contribution is -2.06. The molecule has 0 aromatic heterocycles. The van der Waals surface area contributed by atoms with Gasteiger partial charge in [-0.3, -0.25) is 0 Å². The lowest BCUT2D eigenvalue weighted by molar-refractivity contribution is -0.0546. The molecule has 0 atom stereocenters. The van der Waals surface area contributed by atoms with Crippen LogP contribution in [0.25, 0.3) is 11.1 Å². The fourth-order valence-electron chi connectivity index (χ4n) is 3.33. The fraction of sp³-hybridized carbons (Fsp3) is 0.250. The summed E-state index contributed by atoms with van der Waals surface area (Å²) >= 11 is 0. The van der Waals surface area contributed by atoms with Gasteiger partial charge in [0, 0.05) is 5.56 Å². The Bertz CT molecular complexity index is 976. The third-order valence-electron chi connectivity index (χ3n) is 4.80. The van der Waals surface area contributed by atoms with Gasteiger partial charge in [-0.05, 0) is 59.7 Å². The number of hydrogen-bond acceptors (Lipinski definition) is 1. The van der Waals surface area contributed by atoms with Gasteiger partial charge in [0.2, 0.25) is 0 Å². The standard InChI is InChI=1S/C24H21F5O/c1-2-3-16-8-11-19(20(25)12-16)18-9-6-15(7-10-18)4-5-17-13-21(26)23(22(27)14-17)30-24(28)29/h6-14,24H,2-5H2,1H3. The Morgan fingerprint density at radius 1 is 0.700 bits per heavy atom. The van der Waals surface area contributed by atoms with Crippen molar-refractivity contribution in [2.45, 2.75) is 39.2 Å². The number of rotatable bonds is 8. The molecule has 3 aromatic carbocycles. The molecule has 3 aromatic rings. The zero-order valence-corrected chi connectivity index (χ0v) is 16.4. The van der Waals surface area contributed by atoms with Crippen LogP contribution in [0.5, 0.6) is 5.75 Å². The molecule has 6 heteroatoms. The van der Waals surface area contributed by atoms with Crippen molar-refractivity contribution in [1.82, 2.24) is 0 Å². The van der Waals surface area contributed by atoms with E-state index < -0.39 is 24.0 Å². The molecule has 0 radical (unpaired) electrons. The molecule has 1 nitrogen and oxygen atoms in total. The lowest BCUT2D eigenvalue weighted by atomic mass is 9.98. The molecule has 0 aliphatic heterocycles. The Labute approximate surface area is 172 Å². The highest BCUT2D eigenvalue weighted by Gasteiger charge is 2.16. The largest absolute Gasteiger partial charge is 0.429 e. The maximum Gasteiger partial charge on any atom is 0.387 e. The van der Waals surface area contributed by atoms with Crippen LogP contribution in [-0.2, 0) is 19.3 Å². The number of ether oxygens (including phenoxy) is 1. The van der Waals surface area contributed by atoms with Crippen molar-refractivity contribution in [3.05, 3.63) is 88.7 Å². The highest BCUT2D eigenvalue weighted by atomic mass is 19.3. The van der Waals surface area contributed by atoms with E-state index in [0.29, 0.717) is 24.0 Å². The molecule has 3 rings (SSSR count). The van der Waals surface area contributed by atoms with E-state index in [0.717, 1.165) is 41.7 Å². The molecule has 158 valence electrons. The van der Waals surface area contributed by atoms with Gasteiger partial charge in [0.05, 0.1) is 0 Å². The van der Waals surface area contributed by atoms with E-state index in [1.165, 1.54) is 0 Å². The minimum Gasteiger partial charge on any atom is -0.429 e. The first-order chi connectivity index (χ1) is 14.4. The first-order valence-corrected chi connectivity index (χ1v) is 9.68. The van der Waals surface area contributed by atoms with Gasteiger partial charge in [-0.2, -0.15) is 8.78 Å². The van der Waals surface area contributed by atoms with Crippen molar-refractivity contribution in [2.24, 2.45) is 0 Å². The van der Waals surface area contributed by atoms with Gasteiger partial charge in [-0.25, -0.2) is 13.2 Å². The van der Waals surface area contributed by atoms with E-state index in [1.54, 1.807) is 24.3 Å².